The lowest BCUT2D eigenvalue weighted by Crippen LogP contribution is -2.09. The Kier molecular flexibility index (Phi) is 7.92. The molecule has 1 nitrogen and oxygen atoms in total. The van der Waals surface area contributed by atoms with Gasteiger partial charge in [0.05, 0.1) is 0 Å². The predicted molar refractivity (Wildman–Crippen MR) is 220 cm³/mol. The summed E-state index contributed by atoms with van der Waals surface area (Å²) in [5.74, 6) is 0. The molecule has 0 saturated carbocycles. The maximum Gasteiger partial charge on any atom is 0.0462 e. The Bertz CT molecular complexity index is 2590. The summed E-state index contributed by atoms with van der Waals surface area (Å²) >= 11 is 0. The zero-order valence-electron chi connectivity index (χ0n) is 28.2. The highest BCUT2D eigenvalue weighted by atomic mass is 15.1. The Morgan fingerprint density at radius 1 is 0.373 bits per heavy atom. The standard InChI is InChI=1S/C50H35N/c1-4-12-38(13-5-1)48(39-14-6-2-7-15-39)34-37-25-32-46(33-26-37)51(44-19-8-3-9-20-44)45-30-23-36(24-31-45)22-27-42-35-43-18-10-16-40-28-29-41-17-11-21-47(42)50(41)49(40)43/h1-35H. The summed E-state index contributed by atoms with van der Waals surface area (Å²) in [5.41, 5.74) is 10.5. The van der Waals surface area contributed by atoms with Crippen LogP contribution < -0.4 is 4.90 Å². The predicted octanol–water partition coefficient (Wildman–Crippen LogP) is 13.8. The molecule has 0 heterocycles. The van der Waals surface area contributed by atoms with Crippen LogP contribution in [0.1, 0.15) is 27.8 Å². The lowest BCUT2D eigenvalue weighted by atomic mass is 9.91. The van der Waals surface area contributed by atoms with Gasteiger partial charge in [-0.3, -0.25) is 0 Å². The SMILES string of the molecule is C(=Cc1cc2cccc3ccc4cccc1c4c32)c1ccc(N(c2ccccc2)c2ccc(C=C(c3ccccc3)c3ccccc3)cc2)cc1. The van der Waals surface area contributed by atoms with Gasteiger partial charge in [-0.1, -0.05) is 164 Å². The summed E-state index contributed by atoms with van der Waals surface area (Å²) in [6.45, 7) is 0. The number of anilines is 3. The Balaban J connectivity index is 1.04. The van der Waals surface area contributed by atoms with Crippen LogP contribution in [0.5, 0.6) is 0 Å². The Hall–Kier alpha value is -6.70. The fourth-order valence-corrected chi connectivity index (χ4v) is 7.33. The average Bonchev–Trinajstić information content (AvgIpc) is 3.20. The highest BCUT2D eigenvalue weighted by Gasteiger charge is 2.13. The molecular weight excluding hydrogens is 615 g/mol. The topological polar surface area (TPSA) is 3.24 Å². The third-order valence-electron chi connectivity index (χ3n) is 9.79. The van der Waals surface area contributed by atoms with Crippen molar-refractivity contribution in [1.82, 2.24) is 0 Å². The van der Waals surface area contributed by atoms with Crippen molar-refractivity contribution in [3.05, 3.63) is 222 Å². The minimum atomic E-state index is 1.11. The number of benzene rings is 9. The fraction of sp³-hybridized carbons (Fsp3) is 0. The van der Waals surface area contributed by atoms with E-state index in [-0.39, 0.29) is 0 Å². The summed E-state index contributed by atoms with van der Waals surface area (Å²) in [6, 6.07) is 69.6. The highest BCUT2D eigenvalue weighted by Crippen LogP contribution is 2.38. The third-order valence-corrected chi connectivity index (χ3v) is 9.79. The first-order chi connectivity index (χ1) is 25.3. The van der Waals surface area contributed by atoms with Gasteiger partial charge in [-0.2, -0.15) is 0 Å². The van der Waals surface area contributed by atoms with E-state index >= 15 is 0 Å². The van der Waals surface area contributed by atoms with Crippen LogP contribution in [0.2, 0.25) is 0 Å². The smallest absolute Gasteiger partial charge is 0.0462 e. The Morgan fingerprint density at radius 3 is 1.51 bits per heavy atom. The van der Waals surface area contributed by atoms with Crippen molar-refractivity contribution in [3.63, 3.8) is 0 Å². The second-order valence-electron chi connectivity index (χ2n) is 13.0. The molecule has 9 rings (SSSR count). The Labute approximate surface area is 299 Å². The minimum Gasteiger partial charge on any atom is -0.311 e. The number of rotatable bonds is 8. The zero-order chi connectivity index (χ0) is 34.0. The molecule has 0 fully saturated rings. The van der Waals surface area contributed by atoms with E-state index in [4.69, 9.17) is 0 Å². The quantitative estimate of drug-likeness (QED) is 0.117. The molecule has 51 heavy (non-hydrogen) atoms. The van der Waals surface area contributed by atoms with Crippen molar-refractivity contribution in [3.8, 4) is 0 Å². The van der Waals surface area contributed by atoms with Gasteiger partial charge in [-0.15, -0.1) is 0 Å². The van der Waals surface area contributed by atoms with Crippen molar-refractivity contribution >= 4 is 73.2 Å². The van der Waals surface area contributed by atoms with Crippen LogP contribution in [0.25, 0.3) is 56.1 Å². The molecule has 0 amide bonds. The molecule has 0 saturated heterocycles. The molecule has 0 atom stereocenters. The van der Waals surface area contributed by atoms with Crippen molar-refractivity contribution in [1.29, 1.82) is 0 Å². The molecule has 0 aromatic heterocycles. The van der Waals surface area contributed by atoms with Gasteiger partial charge in [0.2, 0.25) is 0 Å². The van der Waals surface area contributed by atoms with E-state index in [9.17, 15) is 0 Å². The first-order valence-corrected chi connectivity index (χ1v) is 17.5. The molecule has 0 spiro atoms. The van der Waals surface area contributed by atoms with Crippen LogP contribution in [0, 0.1) is 0 Å². The summed E-state index contributed by atoms with van der Waals surface area (Å²) in [6.07, 6.45) is 6.77. The molecule has 0 radical (unpaired) electrons. The maximum atomic E-state index is 2.33. The molecular formula is C50H35N. The van der Waals surface area contributed by atoms with Gasteiger partial charge in [-0.05, 0) is 114 Å². The van der Waals surface area contributed by atoms with E-state index in [1.54, 1.807) is 0 Å². The monoisotopic (exact) mass is 649 g/mol. The molecule has 0 aliphatic heterocycles. The molecule has 9 aromatic carbocycles. The summed E-state index contributed by atoms with van der Waals surface area (Å²) < 4.78 is 0. The fourth-order valence-electron chi connectivity index (χ4n) is 7.33. The molecule has 0 N–H and O–H groups in total. The normalized spacial score (nSPS) is 11.5. The molecule has 1 heteroatoms. The molecule has 240 valence electrons. The third kappa shape index (κ3) is 5.96. The van der Waals surface area contributed by atoms with Gasteiger partial charge in [0.1, 0.15) is 0 Å². The van der Waals surface area contributed by atoms with Crippen molar-refractivity contribution in [2.75, 3.05) is 4.90 Å². The Morgan fingerprint density at radius 2 is 0.882 bits per heavy atom. The second-order valence-corrected chi connectivity index (χ2v) is 13.0. The summed E-state index contributed by atoms with van der Waals surface area (Å²) in [5, 5.41) is 7.85. The van der Waals surface area contributed by atoms with Crippen molar-refractivity contribution < 1.29 is 0 Å². The number of nitrogens with zero attached hydrogens (tertiary/aromatic N) is 1. The van der Waals surface area contributed by atoms with Gasteiger partial charge >= 0.3 is 0 Å². The van der Waals surface area contributed by atoms with E-state index in [0.717, 1.165) is 28.2 Å². The van der Waals surface area contributed by atoms with Gasteiger partial charge in [0.15, 0.2) is 0 Å². The van der Waals surface area contributed by atoms with Crippen LogP contribution in [-0.4, -0.2) is 0 Å². The first kappa shape index (κ1) is 30.4. The molecule has 0 unspecified atom stereocenters. The van der Waals surface area contributed by atoms with E-state index in [1.165, 1.54) is 54.6 Å². The lowest BCUT2D eigenvalue weighted by molar-refractivity contribution is 1.28. The van der Waals surface area contributed by atoms with Crippen LogP contribution in [-0.2, 0) is 0 Å². The van der Waals surface area contributed by atoms with Crippen LogP contribution in [0.15, 0.2) is 194 Å². The molecule has 9 aromatic rings. The van der Waals surface area contributed by atoms with Crippen LogP contribution in [0.3, 0.4) is 0 Å². The number of hydrogen-bond donors (Lipinski definition) is 0. The van der Waals surface area contributed by atoms with Gasteiger partial charge in [-0.25, -0.2) is 0 Å². The van der Waals surface area contributed by atoms with Gasteiger partial charge < -0.3 is 4.90 Å². The van der Waals surface area contributed by atoms with Crippen molar-refractivity contribution in [2.45, 2.75) is 0 Å². The van der Waals surface area contributed by atoms with E-state index in [0.29, 0.717) is 0 Å². The average molecular weight is 650 g/mol. The first-order valence-electron chi connectivity index (χ1n) is 17.5. The van der Waals surface area contributed by atoms with E-state index in [2.05, 4.69) is 217 Å². The maximum absolute atomic E-state index is 2.33. The molecule has 0 aliphatic rings. The minimum absolute atomic E-state index is 1.11. The number of para-hydroxylation sites is 1. The van der Waals surface area contributed by atoms with Crippen LogP contribution >= 0.6 is 0 Å². The summed E-state index contributed by atoms with van der Waals surface area (Å²) in [4.78, 5) is 2.32. The van der Waals surface area contributed by atoms with Crippen LogP contribution in [0.4, 0.5) is 17.1 Å². The van der Waals surface area contributed by atoms with Crippen molar-refractivity contribution in [2.24, 2.45) is 0 Å². The lowest BCUT2D eigenvalue weighted by Gasteiger charge is -2.25. The molecule has 0 bridgehead atoms. The number of hydrogen-bond acceptors (Lipinski definition) is 1. The largest absolute Gasteiger partial charge is 0.311 e. The second kappa shape index (κ2) is 13.3. The summed E-state index contributed by atoms with van der Waals surface area (Å²) in [7, 11) is 0. The van der Waals surface area contributed by atoms with Gasteiger partial charge in [0.25, 0.3) is 0 Å². The zero-order valence-corrected chi connectivity index (χ0v) is 28.2. The van der Waals surface area contributed by atoms with E-state index in [1.807, 2.05) is 0 Å². The molecule has 0 aliphatic carbocycles. The highest BCUT2D eigenvalue weighted by molar-refractivity contribution is 6.24. The van der Waals surface area contributed by atoms with Gasteiger partial charge in [0, 0.05) is 17.1 Å². The van der Waals surface area contributed by atoms with E-state index < -0.39 is 0 Å².